The Hall–Kier alpha value is -4.08. The van der Waals surface area contributed by atoms with Gasteiger partial charge in [-0.1, -0.05) is 78.4 Å². The van der Waals surface area contributed by atoms with Gasteiger partial charge in [0.05, 0.1) is 11.1 Å². The van der Waals surface area contributed by atoms with Crippen LogP contribution in [0.25, 0.3) is 0 Å². The maximum Gasteiger partial charge on any atom is 0.273 e. The molecule has 0 aromatic heterocycles. The van der Waals surface area contributed by atoms with Gasteiger partial charge in [-0.3, -0.25) is 40.9 Å². The molecular formula is C36H54N4O6. The summed E-state index contributed by atoms with van der Waals surface area (Å²) in [6.07, 6.45) is 11.8. The third-order valence-corrected chi connectivity index (χ3v) is 8.43. The molecule has 2 atom stereocenters. The molecule has 2 rings (SSSR count). The molecule has 2 unspecified atom stereocenters. The number of aryl methyl sites for hydroxylation is 2. The molecule has 6 N–H and O–H groups in total. The number of hydrazine groups is 2. The van der Waals surface area contributed by atoms with Gasteiger partial charge in [0.2, 0.25) is 11.8 Å². The van der Waals surface area contributed by atoms with Crippen LogP contribution >= 0.6 is 0 Å². The van der Waals surface area contributed by atoms with E-state index in [0.29, 0.717) is 38.5 Å². The zero-order chi connectivity index (χ0) is 33.9. The highest BCUT2D eigenvalue weighted by atomic mass is 16.3. The first-order chi connectivity index (χ1) is 22.1. The Labute approximate surface area is 274 Å². The van der Waals surface area contributed by atoms with E-state index in [2.05, 4.69) is 35.6 Å². The van der Waals surface area contributed by atoms with E-state index < -0.39 is 11.8 Å². The lowest BCUT2D eigenvalue weighted by Gasteiger charge is -2.18. The molecule has 0 bridgehead atoms. The summed E-state index contributed by atoms with van der Waals surface area (Å²) in [5.41, 5.74) is 11.9. The molecule has 10 nitrogen and oxygen atoms in total. The molecule has 4 amide bonds. The van der Waals surface area contributed by atoms with Crippen molar-refractivity contribution in [1.29, 1.82) is 0 Å². The fourth-order valence-corrected chi connectivity index (χ4v) is 5.41. The fourth-order valence-electron chi connectivity index (χ4n) is 5.41. The lowest BCUT2D eigenvalue weighted by atomic mass is 9.94. The summed E-state index contributed by atoms with van der Waals surface area (Å²) in [5, 5.41) is 20.6. The summed E-state index contributed by atoms with van der Waals surface area (Å²) < 4.78 is 0. The van der Waals surface area contributed by atoms with Crippen molar-refractivity contribution in [3.05, 3.63) is 58.7 Å². The average Bonchev–Trinajstić information content (AvgIpc) is 3.04. The second kappa shape index (κ2) is 20.9. The number of nitrogens with one attached hydrogen (secondary N) is 4. The van der Waals surface area contributed by atoms with Gasteiger partial charge in [0.15, 0.2) is 0 Å². The lowest BCUT2D eigenvalue weighted by Crippen LogP contribution is -2.44. The van der Waals surface area contributed by atoms with Crippen LogP contribution in [0.15, 0.2) is 36.4 Å². The molecule has 0 fully saturated rings. The second-order valence-electron chi connectivity index (χ2n) is 12.0. The van der Waals surface area contributed by atoms with E-state index in [-0.39, 0.29) is 46.3 Å². The third-order valence-electron chi connectivity index (χ3n) is 8.43. The van der Waals surface area contributed by atoms with Crippen LogP contribution in [0.2, 0.25) is 0 Å². The second-order valence-corrected chi connectivity index (χ2v) is 12.0. The minimum atomic E-state index is -0.584. The fraction of sp³-hybridized carbons (Fsp3) is 0.556. The molecule has 2 aromatic carbocycles. The van der Waals surface area contributed by atoms with E-state index in [0.717, 1.165) is 62.5 Å². The van der Waals surface area contributed by atoms with Crippen LogP contribution in [0, 0.1) is 11.8 Å². The van der Waals surface area contributed by atoms with Gasteiger partial charge in [-0.2, -0.15) is 0 Å². The Morgan fingerprint density at radius 2 is 0.957 bits per heavy atom. The van der Waals surface area contributed by atoms with Crippen molar-refractivity contribution in [2.24, 2.45) is 11.8 Å². The van der Waals surface area contributed by atoms with Crippen LogP contribution in [-0.2, 0) is 22.4 Å². The Morgan fingerprint density at radius 1 is 0.565 bits per heavy atom. The van der Waals surface area contributed by atoms with Crippen molar-refractivity contribution in [2.75, 3.05) is 0 Å². The minimum absolute atomic E-state index is 0.0974. The first kappa shape index (κ1) is 38.1. The Balaban J connectivity index is 1.75. The number of carbonyl (C=O) groups excluding carboxylic acids is 4. The summed E-state index contributed by atoms with van der Waals surface area (Å²) in [7, 11) is 0. The van der Waals surface area contributed by atoms with E-state index in [4.69, 9.17) is 0 Å². The highest BCUT2D eigenvalue weighted by Crippen LogP contribution is 2.22. The van der Waals surface area contributed by atoms with Gasteiger partial charge in [0.1, 0.15) is 11.5 Å². The number of hydrogen-bond acceptors (Lipinski definition) is 6. The highest BCUT2D eigenvalue weighted by molar-refractivity contribution is 5.98. The van der Waals surface area contributed by atoms with Gasteiger partial charge in [-0.25, -0.2) is 0 Å². The lowest BCUT2D eigenvalue weighted by molar-refractivity contribution is -0.127. The predicted octanol–water partition coefficient (Wildman–Crippen LogP) is 6.40. The molecule has 2 aromatic rings. The number of unbranched alkanes of at least 4 members (excludes halogenated alkanes) is 5. The molecule has 0 saturated heterocycles. The van der Waals surface area contributed by atoms with E-state index >= 15 is 0 Å². The number of carbonyl (C=O) groups is 4. The molecule has 0 heterocycles. The van der Waals surface area contributed by atoms with Crippen molar-refractivity contribution in [3.8, 4) is 11.5 Å². The Morgan fingerprint density at radius 3 is 1.28 bits per heavy atom. The molecule has 0 radical (unpaired) electrons. The number of phenolic OH excluding ortho intramolecular Hbond substituents is 2. The normalized spacial score (nSPS) is 12.2. The van der Waals surface area contributed by atoms with E-state index in [1.165, 1.54) is 0 Å². The zero-order valence-corrected chi connectivity index (χ0v) is 28.0. The molecule has 0 aliphatic rings. The van der Waals surface area contributed by atoms with Crippen molar-refractivity contribution in [2.45, 2.75) is 118 Å². The third kappa shape index (κ3) is 12.7. The number of phenols is 2. The average molecular weight is 639 g/mol. The molecule has 254 valence electrons. The van der Waals surface area contributed by atoms with Gasteiger partial charge in [0.25, 0.3) is 11.8 Å². The molecular weight excluding hydrogens is 584 g/mol. The minimum Gasteiger partial charge on any atom is -0.507 e. The van der Waals surface area contributed by atoms with Crippen LogP contribution in [-0.4, -0.2) is 33.8 Å². The van der Waals surface area contributed by atoms with Crippen molar-refractivity contribution in [3.63, 3.8) is 0 Å². The Bertz CT molecular complexity index is 1180. The van der Waals surface area contributed by atoms with Crippen LogP contribution < -0.4 is 21.7 Å². The highest BCUT2D eigenvalue weighted by Gasteiger charge is 2.21. The van der Waals surface area contributed by atoms with Crippen LogP contribution in [0.3, 0.4) is 0 Å². The van der Waals surface area contributed by atoms with Gasteiger partial charge < -0.3 is 10.2 Å². The smallest absolute Gasteiger partial charge is 0.273 e. The van der Waals surface area contributed by atoms with Crippen LogP contribution in [0.5, 0.6) is 11.5 Å². The van der Waals surface area contributed by atoms with Crippen LogP contribution in [0.4, 0.5) is 0 Å². The van der Waals surface area contributed by atoms with Gasteiger partial charge in [-0.05, 0) is 86.8 Å². The summed E-state index contributed by atoms with van der Waals surface area (Å²) in [4.78, 5) is 50.6. The summed E-state index contributed by atoms with van der Waals surface area (Å²) in [6.45, 7) is 8.05. The molecule has 46 heavy (non-hydrogen) atoms. The van der Waals surface area contributed by atoms with Gasteiger partial charge in [0, 0.05) is 11.8 Å². The van der Waals surface area contributed by atoms with Crippen molar-refractivity contribution >= 4 is 23.6 Å². The maximum absolute atomic E-state index is 12.7. The summed E-state index contributed by atoms with van der Waals surface area (Å²) in [6, 6.07) is 9.96. The number of benzene rings is 2. The molecule has 10 heteroatoms. The molecule has 0 aliphatic heterocycles. The Kier molecular flexibility index (Phi) is 17.3. The van der Waals surface area contributed by atoms with Crippen LogP contribution in [0.1, 0.15) is 137 Å². The van der Waals surface area contributed by atoms with Crippen molar-refractivity contribution in [1.82, 2.24) is 21.7 Å². The first-order valence-corrected chi connectivity index (χ1v) is 17.0. The zero-order valence-electron chi connectivity index (χ0n) is 28.0. The SMILES string of the molecule is CCCCCc1ccc(C(=O)NNC(=O)C(CC)CCCCC(CC)C(=O)NNC(=O)c2ccc(CCCCC)cc2O)c(O)c1. The predicted molar refractivity (Wildman–Crippen MR) is 180 cm³/mol. The molecule has 0 spiro atoms. The summed E-state index contributed by atoms with van der Waals surface area (Å²) >= 11 is 0. The first-order valence-electron chi connectivity index (χ1n) is 17.0. The van der Waals surface area contributed by atoms with E-state index in [1.54, 1.807) is 24.3 Å². The number of rotatable bonds is 19. The monoisotopic (exact) mass is 638 g/mol. The van der Waals surface area contributed by atoms with E-state index in [9.17, 15) is 29.4 Å². The quantitative estimate of drug-likeness (QED) is 0.0773. The van der Waals surface area contributed by atoms with Crippen molar-refractivity contribution < 1.29 is 29.4 Å². The molecule has 0 saturated carbocycles. The number of aromatic hydroxyl groups is 2. The van der Waals surface area contributed by atoms with Gasteiger partial charge >= 0.3 is 0 Å². The number of hydrogen-bond donors (Lipinski definition) is 6. The standard InChI is InChI=1S/C36H54N4O6/c1-5-9-11-15-25-19-21-29(31(41)23-25)35(45)39-37-33(43)27(7-3)17-13-14-18-28(8-4)34(44)38-40-36(46)30-22-20-26(24-32(30)42)16-12-10-6-2/h19-24,27-28,41-42H,5-18H2,1-4H3,(H,37,43)(H,38,44)(H,39,45)(H,40,46). The van der Waals surface area contributed by atoms with Gasteiger partial charge in [-0.15, -0.1) is 0 Å². The summed E-state index contributed by atoms with van der Waals surface area (Å²) in [5.74, 6) is -2.67. The maximum atomic E-state index is 12.7. The van der Waals surface area contributed by atoms with E-state index in [1.807, 2.05) is 26.0 Å². The largest absolute Gasteiger partial charge is 0.507 e. The molecule has 0 aliphatic carbocycles. The topological polar surface area (TPSA) is 157 Å². The number of amides is 4.